The number of anilines is 1. The first-order chi connectivity index (χ1) is 9.56. The maximum Gasteiger partial charge on any atom is 0.216 e. The number of aryl methyl sites for hydroxylation is 2. The number of benzene rings is 1. The van der Waals surface area contributed by atoms with E-state index in [0.717, 1.165) is 16.9 Å². The summed E-state index contributed by atoms with van der Waals surface area (Å²) in [7, 11) is 3.40. The number of ether oxygens (including phenoxy) is 1. The summed E-state index contributed by atoms with van der Waals surface area (Å²) in [5, 5.41) is 17.9. The fourth-order valence-corrected chi connectivity index (χ4v) is 2.48. The van der Waals surface area contributed by atoms with Crippen molar-refractivity contribution in [3.05, 3.63) is 40.5 Å². The molecule has 0 radical (unpaired) electrons. The zero-order chi connectivity index (χ0) is 14.7. The van der Waals surface area contributed by atoms with Crippen molar-refractivity contribution in [1.29, 1.82) is 0 Å². The lowest BCUT2D eigenvalue weighted by Crippen LogP contribution is -2.16. The van der Waals surface area contributed by atoms with E-state index >= 15 is 0 Å². The third-order valence-corrected chi connectivity index (χ3v) is 3.34. The van der Waals surface area contributed by atoms with Gasteiger partial charge in [-0.25, -0.2) is 4.68 Å². The summed E-state index contributed by atoms with van der Waals surface area (Å²) in [6.07, 6.45) is 0. The van der Waals surface area contributed by atoms with Gasteiger partial charge in [-0.3, -0.25) is 0 Å². The van der Waals surface area contributed by atoms with E-state index in [0.29, 0.717) is 10.9 Å². The number of aromatic nitrogens is 2. The molecule has 0 amide bonds. The minimum absolute atomic E-state index is 0.0740. The predicted octanol–water partition coefficient (Wildman–Crippen LogP) is 2.54. The summed E-state index contributed by atoms with van der Waals surface area (Å²) in [5.41, 5.74) is 2.50. The molecular weight excluding hydrogens is 278 g/mol. The molecule has 108 valence electrons. The summed E-state index contributed by atoms with van der Waals surface area (Å²) >= 11 is 5.97. The van der Waals surface area contributed by atoms with Gasteiger partial charge in [-0.05, 0) is 25.1 Å². The molecule has 5 nitrogen and oxygen atoms in total. The molecule has 0 bridgehead atoms. The van der Waals surface area contributed by atoms with Gasteiger partial charge in [-0.2, -0.15) is 5.10 Å². The van der Waals surface area contributed by atoms with E-state index in [1.165, 1.54) is 0 Å². The van der Waals surface area contributed by atoms with Gasteiger partial charge in [0.25, 0.3) is 0 Å². The lowest BCUT2D eigenvalue weighted by Gasteiger charge is -2.18. The minimum atomic E-state index is -0.308. The van der Waals surface area contributed by atoms with Crippen LogP contribution in [0.15, 0.2) is 24.3 Å². The summed E-state index contributed by atoms with van der Waals surface area (Å²) in [4.78, 5) is 0. The Hall–Kier alpha value is -1.72. The lowest BCUT2D eigenvalue weighted by atomic mass is 10.1. The number of hydrogen-bond acceptors (Lipinski definition) is 4. The Labute approximate surface area is 123 Å². The first-order valence-electron chi connectivity index (χ1n) is 6.27. The van der Waals surface area contributed by atoms with Crippen LogP contribution < -0.4 is 10.1 Å². The van der Waals surface area contributed by atoms with Gasteiger partial charge in [0.1, 0.15) is 0 Å². The van der Waals surface area contributed by atoms with E-state index < -0.39 is 0 Å². The van der Waals surface area contributed by atoms with Crippen LogP contribution in [0.5, 0.6) is 5.88 Å². The minimum Gasteiger partial charge on any atom is -0.481 e. The number of hydrogen-bond donors (Lipinski definition) is 2. The lowest BCUT2D eigenvalue weighted by molar-refractivity contribution is 0.271. The van der Waals surface area contributed by atoms with Crippen molar-refractivity contribution in [2.24, 2.45) is 7.05 Å². The number of methoxy groups -OCH3 is 1. The van der Waals surface area contributed by atoms with Crippen LogP contribution in [0.4, 0.5) is 5.69 Å². The second kappa shape index (κ2) is 6.15. The van der Waals surface area contributed by atoms with E-state index in [-0.39, 0.29) is 12.6 Å². The van der Waals surface area contributed by atoms with E-state index in [9.17, 15) is 5.11 Å². The normalized spacial score (nSPS) is 12.2. The molecule has 2 N–H and O–H groups in total. The predicted molar refractivity (Wildman–Crippen MR) is 79.4 cm³/mol. The zero-order valence-electron chi connectivity index (χ0n) is 11.7. The highest BCUT2D eigenvalue weighted by molar-refractivity contribution is 6.30. The smallest absolute Gasteiger partial charge is 0.216 e. The zero-order valence-corrected chi connectivity index (χ0v) is 12.5. The second-order valence-electron chi connectivity index (χ2n) is 4.52. The van der Waals surface area contributed by atoms with Gasteiger partial charge in [0.05, 0.1) is 31.0 Å². The van der Waals surface area contributed by atoms with Gasteiger partial charge in [-0.1, -0.05) is 17.7 Å². The highest BCUT2D eigenvalue weighted by Gasteiger charge is 2.22. The molecule has 1 unspecified atom stereocenters. The van der Waals surface area contributed by atoms with Crippen LogP contribution >= 0.6 is 11.6 Å². The van der Waals surface area contributed by atoms with Crippen LogP contribution in [-0.4, -0.2) is 28.6 Å². The van der Waals surface area contributed by atoms with Crippen molar-refractivity contribution < 1.29 is 9.84 Å². The monoisotopic (exact) mass is 295 g/mol. The Kier molecular flexibility index (Phi) is 4.52. The molecule has 2 rings (SSSR count). The maximum atomic E-state index is 9.68. The van der Waals surface area contributed by atoms with Crippen molar-refractivity contribution in [3.63, 3.8) is 0 Å². The van der Waals surface area contributed by atoms with Gasteiger partial charge < -0.3 is 15.2 Å². The quantitative estimate of drug-likeness (QED) is 0.890. The number of rotatable bonds is 5. The summed E-state index contributed by atoms with van der Waals surface area (Å²) in [6, 6.07) is 7.05. The van der Waals surface area contributed by atoms with Crippen molar-refractivity contribution in [1.82, 2.24) is 9.78 Å². The van der Waals surface area contributed by atoms with Gasteiger partial charge in [0.15, 0.2) is 0 Å². The molecule has 0 spiro atoms. The van der Waals surface area contributed by atoms with E-state index in [4.69, 9.17) is 16.3 Å². The number of halogens is 1. The molecule has 0 aliphatic heterocycles. The molecular formula is C14H18ClN3O2. The fraction of sp³-hybridized carbons (Fsp3) is 0.357. The highest BCUT2D eigenvalue weighted by atomic mass is 35.5. The topological polar surface area (TPSA) is 59.3 Å². The molecule has 2 aromatic rings. The molecule has 0 saturated heterocycles. The standard InChI is InChI=1S/C14H18ClN3O2/c1-9-13(14(20-3)18(2)17-9)12(8-19)16-11-6-4-5-10(15)7-11/h4-7,12,16,19H,8H2,1-3H3. The molecule has 6 heteroatoms. The van der Waals surface area contributed by atoms with Crippen molar-refractivity contribution in [2.75, 3.05) is 19.0 Å². The molecule has 1 aromatic heterocycles. The van der Waals surface area contributed by atoms with Crippen LogP contribution in [0.25, 0.3) is 0 Å². The van der Waals surface area contributed by atoms with Crippen LogP contribution in [-0.2, 0) is 7.05 Å². The van der Waals surface area contributed by atoms with Crippen molar-refractivity contribution >= 4 is 17.3 Å². The van der Waals surface area contributed by atoms with Crippen LogP contribution in [0, 0.1) is 6.92 Å². The summed E-state index contributed by atoms with van der Waals surface area (Å²) < 4.78 is 7.02. The Balaban J connectivity index is 2.33. The molecule has 0 saturated carbocycles. The van der Waals surface area contributed by atoms with Gasteiger partial charge in [-0.15, -0.1) is 0 Å². The van der Waals surface area contributed by atoms with Crippen LogP contribution in [0.2, 0.25) is 5.02 Å². The summed E-state index contributed by atoms with van der Waals surface area (Å²) in [6.45, 7) is 1.82. The Morgan fingerprint density at radius 1 is 1.50 bits per heavy atom. The molecule has 1 heterocycles. The van der Waals surface area contributed by atoms with Gasteiger partial charge >= 0.3 is 0 Å². The fourth-order valence-electron chi connectivity index (χ4n) is 2.29. The second-order valence-corrected chi connectivity index (χ2v) is 4.96. The van der Waals surface area contributed by atoms with E-state index in [1.807, 2.05) is 32.2 Å². The molecule has 0 aliphatic rings. The van der Waals surface area contributed by atoms with Crippen LogP contribution in [0.3, 0.4) is 0 Å². The maximum absolute atomic E-state index is 9.68. The molecule has 1 atom stereocenters. The average molecular weight is 296 g/mol. The number of aliphatic hydroxyl groups is 1. The highest BCUT2D eigenvalue weighted by Crippen LogP contribution is 2.30. The van der Waals surface area contributed by atoms with Gasteiger partial charge in [0.2, 0.25) is 5.88 Å². The SMILES string of the molecule is COc1c(C(CO)Nc2cccc(Cl)c2)c(C)nn1C. The summed E-state index contributed by atoms with van der Waals surface area (Å²) in [5.74, 6) is 0.635. The molecule has 0 aliphatic carbocycles. The number of aliphatic hydroxyl groups excluding tert-OH is 1. The average Bonchev–Trinajstić information content (AvgIpc) is 2.70. The Morgan fingerprint density at radius 2 is 2.25 bits per heavy atom. The molecule has 0 fully saturated rings. The molecule has 20 heavy (non-hydrogen) atoms. The largest absolute Gasteiger partial charge is 0.481 e. The van der Waals surface area contributed by atoms with E-state index in [2.05, 4.69) is 10.4 Å². The number of nitrogens with one attached hydrogen (secondary N) is 1. The molecule has 1 aromatic carbocycles. The third-order valence-electron chi connectivity index (χ3n) is 3.10. The van der Waals surface area contributed by atoms with Crippen molar-refractivity contribution in [2.45, 2.75) is 13.0 Å². The van der Waals surface area contributed by atoms with Crippen molar-refractivity contribution in [3.8, 4) is 5.88 Å². The number of nitrogens with zero attached hydrogens (tertiary/aromatic N) is 2. The van der Waals surface area contributed by atoms with Gasteiger partial charge in [0, 0.05) is 17.8 Å². The first-order valence-corrected chi connectivity index (χ1v) is 6.65. The van der Waals surface area contributed by atoms with Crippen LogP contribution in [0.1, 0.15) is 17.3 Å². The first kappa shape index (κ1) is 14.7. The Morgan fingerprint density at radius 3 is 2.85 bits per heavy atom. The van der Waals surface area contributed by atoms with E-state index in [1.54, 1.807) is 17.9 Å². The third kappa shape index (κ3) is 2.89. The Bertz CT molecular complexity index is 598.